The molecule has 15 nitrogen and oxygen atoms in total. The van der Waals surface area contributed by atoms with Crippen molar-refractivity contribution in [1.82, 2.24) is 15.5 Å². The molecule has 16 heteroatoms. The lowest BCUT2D eigenvalue weighted by Gasteiger charge is -2.29. The molecule has 1 fully saturated rings. The summed E-state index contributed by atoms with van der Waals surface area (Å²) in [6.07, 6.45) is 1.25. The summed E-state index contributed by atoms with van der Waals surface area (Å²) in [6.45, 7) is 2.29. The van der Waals surface area contributed by atoms with Gasteiger partial charge >= 0.3 is 0 Å². The van der Waals surface area contributed by atoms with Crippen molar-refractivity contribution in [2.45, 2.75) is 44.7 Å². The molecule has 5 N–H and O–H groups in total. The van der Waals surface area contributed by atoms with Crippen LogP contribution >= 0.6 is 11.6 Å². The van der Waals surface area contributed by atoms with E-state index in [1.165, 1.54) is 4.90 Å². The molecule has 5 amide bonds. The Hall–Kier alpha value is -6.26. The van der Waals surface area contributed by atoms with Crippen LogP contribution in [-0.4, -0.2) is 109 Å². The van der Waals surface area contributed by atoms with Crippen LogP contribution in [0.15, 0.2) is 91.0 Å². The van der Waals surface area contributed by atoms with E-state index < -0.39 is 11.9 Å². The number of piperidine rings is 1. The van der Waals surface area contributed by atoms with Gasteiger partial charge in [-0.1, -0.05) is 42.5 Å². The van der Waals surface area contributed by atoms with Crippen LogP contribution in [0.1, 0.15) is 64.7 Å². The highest BCUT2D eigenvalue weighted by molar-refractivity contribution is 6.18. The van der Waals surface area contributed by atoms with E-state index in [2.05, 4.69) is 16.0 Å². The Morgan fingerprint density at radius 2 is 1.30 bits per heavy atom. The van der Waals surface area contributed by atoms with Crippen LogP contribution in [0.25, 0.3) is 11.1 Å². The smallest absolute Gasteiger partial charge is 0.255 e. The summed E-state index contributed by atoms with van der Waals surface area (Å²) in [5, 5.41) is 27.7. The second-order valence-corrected chi connectivity index (χ2v) is 15.1. The lowest BCUT2D eigenvalue weighted by atomic mass is 9.88. The zero-order valence-electron chi connectivity index (χ0n) is 34.7. The molecule has 0 bridgehead atoms. The number of rotatable bonds is 23. The lowest BCUT2D eigenvalue weighted by molar-refractivity contribution is -0.137. The van der Waals surface area contributed by atoms with Gasteiger partial charge in [0.2, 0.25) is 23.6 Å². The van der Waals surface area contributed by atoms with E-state index >= 15 is 0 Å². The van der Waals surface area contributed by atoms with Gasteiger partial charge in [0.15, 0.2) is 0 Å². The van der Waals surface area contributed by atoms with E-state index in [1.54, 1.807) is 42.5 Å². The number of anilines is 1. The van der Waals surface area contributed by atoms with Crippen LogP contribution in [-0.2, 0) is 39.9 Å². The molecule has 1 unspecified atom stereocenters. The van der Waals surface area contributed by atoms with Crippen molar-refractivity contribution in [3.8, 4) is 17.2 Å². The van der Waals surface area contributed by atoms with Crippen LogP contribution in [0.5, 0.6) is 17.2 Å². The van der Waals surface area contributed by atoms with E-state index in [9.17, 15) is 34.2 Å². The molecular weight excluding hydrogens is 832 g/mol. The van der Waals surface area contributed by atoms with Crippen molar-refractivity contribution in [3.63, 3.8) is 0 Å². The Bertz CT molecular complexity index is 2250. The van der Waals surface area contributed by atoms with Crippen molar-refractivity contribution in [3.05, 3.63) is 119 Å². The zero-order chi connectivity index (χ0) is 44.6. The molecule has 4 aromatic carbocycles. The van der Waals surface area contributed by atoms with E-state index in [-0.39, 0.29) is 93.8 Å². The van der Waals surface area contributed by atoms with E-state index in [0.717, 1.165) is 27.8 Å². The third-order valence-electron chi connectivity index (χ3n) is 10.4. The second kappa shape index (κ2) is 23.3. The van der Waals surface area contributed by atoms with Crippen LogP contribution < -0.4 is 20.7 Å². The maximum absolute atomic E-state index is 13.0. The number of carbonyl (C=O) groups excluding carboxylic acids is 5. The number of allylic oxidation sites excluding steroid dienone is 1. The minimum Gasteiger partial charge on any atom is -0.508 e. The zero-order valence-corrected chi connectivity index (χ0v) is 35.5. The second-order valence-electron chi connectivity index (χ2n) is 14.7. The first-order chi connectivity index (χ1) is 30.6. The molecule has 0 aliphatic carbocycles. The third kappa shape index (κ3) is 13.1. The molecule has 0 saturated carbocycles. The summed E-state index contributed by atoms with van der Waals surface area (Å²) in [5.74, 6) is -0.271. The highest BCUT2D eigenvalue weighted by Crippen LogP contribution is 2.37. The van der Waals surface area contributed by atoms with Gasteiger partial charge in [0.1, 0.15) is 29.9 Å². The maximum Gasteiger partial charge on any atom is 0.255 e. The minimum absolute atomic E-state index is 0.0841. The fourth-order valence-corrected chi connectivity index (χ4v) is 7.46. The normalized spacial score (nSPS) is 15.1. The van der Waals surface area contributed by atoms with Gasteiger partial charge in [0.25, 0.3) is 5.91 Å². The fourth-order valence-electron chi connectivity index (χ4n) is 7.27. The largest absolute Gasteiger partial charge is 0.508 e. The first-order valence-corrected chi connectivity index (χ1v) is 21.3. The van der Waals surface area contributed by atoms with E-state index in [1.807, 2.05) is 48.5 Å². The van der Waals surface area contributed by atoms with Crippen LogP contribution in [0, 0.1) is 0 Å². The molecule has 1 atom stereocenters. The molecule has 2 heterocycles. The van der Waals surface area contributed by atoms with Crippen molar-refractivity contribution in [1.29, 1.82) is 0 Å². The number of nitrogens with zero attached hydrogens (tertiary/aromatic N) is 1. The minimum atomic E-state index is -0.740. The van der Waals surface area contributed by atoms with E-state index in [4.69, 9.17) is 30.5 Å². The average molecular weight is 883 g/mol. The average Bonchev–Trinajstić information content (AvgIpc) is 3.61. The molecule has 0 radical (unpaired) electrons. The number of aromatic hydroxyl groups is 2. The number of carbonyl (C=O) groups is 5. The maximum atomic E-state index is 13.0. The van der Waals surface area contributed by atoms with Crippen molar-refractivity contribution >= 4 is 58.0 Å². The standard InChI is InChI=1S/C47H51ClN4O11/c48-21-18-37(31-4-10-34(53)11-5-31)45(32-6-12-35(54)13-7-32)33-8-14-36(15-9-33)63-25-22-49-42(55)19-23-60-26-28-62-29-27-61-24-20-44(57)50-40-3-1-2-38-39(40)30-52(47(38)59)41-16-17-43(56)51-46(41)58/h1-15,41,53-54H,16-30H2,(H,49,55)(H,50,57)(H,51,56,58). The molecule has 4 aromatic rings. The SMILES string of the molecule is O=C(CCOCCOCCOCCC(=O)Nc1cccc2c1CN(C1CCC(=O)NC1=O)C2=O)NCCOc1ccc(C(=C(CCCl)c2ccc(O)cc2)c2ccc(O)cc2)cc1. The molecular formula is C47H51ClN4O11. The Morgan fingerprint density at radius 1 is 0.714 bits per heavy atom. The Balaban J connectivity index is 0.812. The summed E-state index contributed by atoms with van der Waals surface area (Å²) in [7, 11) is 0. The molecule has 2 aliphatic rings. The summed E-state index contributed by atoms with van der Waals surface area (Å²) in [4.78, 5) is 63.3. The number of amides is 5. The van der Waals surface area contributed by atoms with Gasteiger partial charge in [-0.3, -0.25) is 29.3 Å². The molecule has 332 valence electrons. The monoisotopic (exact) mass is 882 g/mol. The fraction of sp³-hybridized carbons (Fsp3) is 0.340. The number of alkyl halides is 1. The molecule has 63 heavy (non-hydrogen) atoms. The van der Waals surface area contributed by atoms with Gasteiger partial charge in [-0.15, -0.1) is 11.6 Å². The third-order valence-corrected chi connectivity index (χ3v) is 10.6. The Kier molecular flexibility index (Phi) is 17.1. The van der Waals surface area contributed by atoms with E-state index in [0.29, 0.717) is 61.2 Å². The number of imide groups is 1. The molecule has 2 aliphatic heterocycles. The summed E-state index contributed by atoms with van der Waals surface area (Å²) in [6, 6.07) is 25.9. The van der Waals surface area contributed by atoms with Crippen molar-refractivity contribution in [2.75, 3.05) is 64.0 Å². The molecule has 1 saturated heterocycles. The molecule has 0 spiro atoms. The highest BCUT2D eigenvalue weighted by atomic mass is 35.5. The summed E-state index contributed by atoms with van der Waals surface area (Å²) < 4.78 is 22.4. The number of hydrogen-bond donors (Lipinski definition) is 5. The van der Waals surface area contributed by atoms with Crippen LogP contribution in [0.4, 0.5) is 5.69 Å². The lowest BCUT2D eigenvalue weighted by Crippen LogP contribution is -2.52. The predicted molar refractivity (Wildman–Crippen MR) is 235 cm³/mol. The Labute approximate surface area is 370 Å². The quantitative estimate of drug-likeness (QED) is 0.0276. The number of hydrogen-bond acceptors (Lipinski definition) is 11. The summed E-state index contributed by atoms with van der Waals surface area (Å²) >= 11 is 6.25. The molecule has 6 rings (SSSR count). The van der Waals surface area contributed by atoms with Gasteiger partial charge in [-0.2, -0.15) is 0 Å². The summed E-state index contributed by atoms with van der Waals surface area (Å²) in [5.41, 5.74) is 6.20. The van der Waals surface area contributed by atoms with Crippen molar-refractivity contribution in [2.24, 2.45) is 0 Å². The number of phenols is 2. The number of ether oxygens (including phenoxy) is 4. The first-order valence-electron chi connectivity index (χ1n) is 20.8. The predicted octanol–water partition coefficient (Wildman–Crippen LogP) is 5.41. The number of halogens is 1. The van der Waals surface area contributed by atoms with Crippen molar-refractivity contribution < 1.29 is 53.1 Å². The van der Waals surface area contributed by atoms with Crippen LogP contribution in [0.2, 0.25) is 0 Å². The topological polar surface area (TPSA) is 202 Å². The first kappa shape index (κ1) is 46.2. The van der Waals surface area contributed by atoms with Crippen LogP contribution in [0.3, 0.4) is 0 Å². The number of benzene rings is 4. The van der Waals surface area contributed by atoms with Gasteiger partial charge in [-0.05, 0) is 89.2 Å². The van der Waals surface area contributed by atoms with Gasteiger partial charge in [-0.25, -0.2) is 0 Å². The number of nitrogens with one attached hydrogen (secondary N) is 3. The Morgan fingerprint density at radius 3 is 1.92 bits per heavy atom. The van der Waals surface area contributed by atoms with Gasteiger partial charge in [0.05, 0.1) is 52.6 Å². The molecule has 0 aromatic heterocycles. The number of fused-ring (bicyclic) bond motifs is 1. The van der Waals surface area contributed by atoms with Gasteiger partial charge < -0.3 is 44.7 Å². The highest BCUT2D eigenvalue weighted by Gasteiger charge is 2.40. The van der Waals surface area contributed by atoms with Gasteiger partial charge in [0, 0.05) is 42.1 Å². The number of phenolic OH excluding ortho intramolecular Hbond substituents is 2.